The summed E-state index contributed by atoms with van der Waals surface area (Å²) in [5.41, 5.74) is 0.749. The molecular formula is C17H23ClINO. The van der Waals surface area contributed by atoms with Crippen LogP contribution in [0, 0.1) is 9.49 Å². The van der Waals surface area contributed by atoms with Crippen LogP contribution in [0.25, 0.3) is 0 Å². The number of hydrogen-bond donors (Lipinski definition) is 0. The minimum atomic E-state index is 0.148. The van der Waals surface area contributed by atoms with Crippen molar-refractivity contribution in [2.45, 2.75) is 52.0 Å². The van der Waals surface area contributed by atoms with Gasteiger partial charge in [-0.3, -0.25) is 4.79 Å². The van der Waals surface area contributed by atoms with Gasteiger partial charge in [0.25, 0.3) is 5.91 Å². The molecular weight excluding hydrogens is 397 g/mol. The number of carbonyl (C=O) groups is 1. The first-order valence-electron chi connectivity index (χ1n) is 7.75. The molecule has 0 aliphatic heterocycles. The molecule has 0 saturated heterocycles. The number of hydrogen-bond acceptors (Lipinski definition) is 1. The Morgan fingerprint density at radius 2 is 2.05 bits per heavy atom. The van der Waals surface area contributed by atoms with Crippen molar-refractivity contribution >= 4 is 40.1 Å². The topological polar surface area (TPSA) is 20.3 Å². The molecule has 0 bridgehead atoms. The van der Waals surface area contributed by atoms with E-state index in [0.717, 1.165) is 34.9 Å². The standard InChI is InChI=1S/C17H23ClINO/c1-12(2)9-10-20(14-5-3-4-6-14)17(21)15-11-13(18)7-8-16(15)19/h7-8,11-12,14H,3-6,9-10H2,1-2H3. The Balaban J connectivity index is 2.21. The SMILES string of the molecule is CC(C)CCN(C(=O)c1cc(Cl)ccc1I)C1CCCC1. The van der Waals surface area contributed by atoms with Gasteiger partial charge in [0, 0.05) is 21.2 Å². The zero-order chi connectivity index (χ0) is 15.4. The summed E-state index contributed by atoms with van der Waals surface area (Å²) in [5, 5.41) is 0.633. The van der Waals surface area contributed by atoms with Gasteiger partial charge in [-0.05, 0) is 66.0 Å². The second kappa shape index (κ2) is 7.82. The summed E-state index contributed by atoms with van der Waals surface area (Å²) in [6, 6.07) is 5.98. The van der Waals surface area contributed by atoms with Gasteiger partial charge in [-0.1, -0.05) is 38.3 Å². The average Bonchev–Trinajstić information content (AvgIpc) is 2.95. The third-order valence-corrected chi connectivity index (χ3v) is 5.31. The molecule has 1 aromatic rings. The van der Waals surface area contributed by atoms with Crippen molar-refractivity contribution in [3.8, 4) is 0 Å². The second-order valence-corrected chi connectivity index (χ2v) is 7.84. The number of nitrogens with zero attached hydrogens (tertiary/aromatic N) is 1. The fourth-order valence-corrected chi connectivity index (χ4v) is 3.62. The number of halogens is 2. The first kappa shape index (κ1) is 17.1. The molecule has 21 heavy (non-hydrogen) atoms. The van der Waals surface area contributed by atoms with Crippen molar-refractivity contribution in [3.63, 3.8) is 0 Å². The number of rotatable bonds is 5. The smallest absolute Gasteiger partial charge is 0.255 e. The lowest BCUT2D eigenvalue weighted by Crippen LogP contribution is -2.40. The third kappa shape index (κ3) is 4.59. The van der Waals surface area contributed by atoms with Crippen LogP contribution in [0.4, 0.5) is 0 Å². The van der Waals surface area contributed by atoms with E-state index < -0.39 is 0 Å². The fraction of sp³-hybridized carbons (Fsp3) is 0.588. The lowest BCUT2D eigenvalue weighted by molar-refractivity contribution is 0.0671. The first-order chi connectivity index (χ1) is 9.99. The van der Waals surface area contributed by atoms with Crippen LogP contribution in [-0.4, -0.2) is 23.4 Å². The van der Waals surface area contributed by atoms with Crippen molar-refractivity contribution in [1.29, 1.82) is 0 Å². The highest BCUT2D eigenvalue weighted by Gasteiger charge is 2.28. The number of amides is 1. The Morgan fingerprint density at radius 1 is 1.38 bits per heavy atom. The summed E-state index contributed by atoms with van der Waals surface area (Å²) in [6.07, 6.45) is 5.81. The van der Waals surface area contributed by atoms with Crippen LogP contribution in [0.1, 0.15) is 56.3 Å². The molecule has 116 valence electrons. The van der Waals surface area contributed by atoms with E-state index >= 15 is 0 Å². The van der Waals surface area contributed by atoms with Crippen molar-refractivity contribution in [3.05, 3.63) is 32.4 Å². The Morgan fingerprint density at radius 3 is 2.67 bits per heavy atom. The van der Waals surface area contributed by atoms with Gasteiger partial charge < -0.3 is 4.90 Å². The molecule has 1 amide bonds. The minimum absolute atomic E-state index is 0.148. The molecule has 0 radical (unpaired) electrons. The van der Waals surface area contributed by atoms with E-state index in [4.69, 9.17) is 11.6 Å². The van der Waals surface area contributed by atoms with Crippen LogP contribution in [0.15, 0.2) is 18.2 Å². The zero-order valence-corrected chi connectivity index (χ0v) is 15.7. The number of carbonyl (C=O) groups excluding carboxylic acids is 1. The molecule has 1 fully saturated rings. The van der Waals surface area contributed by atoms with Crippen molar-refractivity contribution < 1.29 is 4.79 Å². The third-order valence-electron chi connectivity index (χ3n) is 4.13. The van der Waals surface area contributed by atoms with Crippen LogP contribution in [0.2, 0.25) is 5.02 Å². The van der Waals surface area contributed by atoms with Gasteiger partial charge in [0.1, 0.15) is 0 Å². The zero-order valence-electron chi connectivity index (χ0n) is 12.7. The molecule has 0 unspecified atom stereocenters. The summed E-state index contributed by atoms with van der Waals surface area (Å²) < 4.78 is 0.981. The summed E-state index contributed by atoms with van der Waals surface area (Å²) in [5.74, 6) is 0.759. The molecule has 2 nitrogen and oxygen atoms in total. The summed E-state index contributed by atoms with van der Waals surface area (Å²) in [6.45, 7) is 5.27. The van der Waals surface area contributed by atoms with E-state index in [1.165, 1.54) is 12.8 Å². The van der Waals surface area contributed by atoms with Gasteiger partial charge in [-0.15, -0.1) is 0 Å². The Kier molecular flexibility index (Phi) is 6.35. The van der Waals surface area contributed by atoms with E-state index in [0.29, 0.717) is 17.0 Å². The van der Waals surface area contributed by atoms with Crippen LogP contribution < -0.4 is 0 Å². The van der Waals surface area contributed by atoms with Gasteiger partial charge in [-0.2, -0.15) is 0 Å². The predicted octanol–water partition coefficient (Wildman–Crippen LogP) is 5.38. The van der Waals surface area contributed by atoms with Gasteiger partial charge in [0.15, 0.2) is 0 Å². The van der Waals surface area contributed by atoms with Crippen molar-refractivity contribution in [2.75, 3.05) is 6.54 Å². The normalized spacial score (nSPS) is 15.7. The van der Waals surface area contributed by atoms with Gasteiger partial charge in [0.2, 0.25) is 0 Å². The molecule has 0 atom stereocenters. The Bertz CT molecular complexity index is 498. The summed E-state index contributed by atoms with van der Waals surface area (Å²) >= 11 is 8.30. The van der Waals surface area contributed by atoms with Gasteiger partial charge in [-0.25, -0.2) is 0 Å². The largest absolute Gasteiger partial charge is 0.336 e. The fourth-order valence-electron chi connectivity index (χ4n) is 2.88. The van der Waals surface area contributed by atoms with Gasteiger partial charge in [0.05, 0.1) is 5.56 Å². The summed E-state index contributed by atoms with van der Waals surface area (Å²) in [4.78, 5) is 15.1. The molecule has 0 spiro atoms. The van der Waals surface area contributed by atoms with E-state index in [2.05, 4.69) is 41.3 Å². The van der Waals surface area contributed by atoms with Crippen LogP contribution in [-0.2, 0) is 0 Å². The highest BCUT2D eigenvalue weighted by atomic mass is 127. The van der Waals surface area contributed by atoms with E-state index in [9.17, 15) is 4.79 Å². The molecule has 0 heterocycles. The highest BCUT2D eigenvalue weighted by molar-refractivity contribution is 14.1. The molecule has 0 N–H and O–H groups in total. The molecule has 1 aliphatic carbocycles. The average molecular weight is 420 g/mol. The summed E-state index contributed by atoms with van der Waals surface area (Å²) in [7, 11) is 0. The Labute approximate surface area is 146 Å². The van der Waals surface area contributed by atoms with Crippen LogP contribution in [0.3, 0.4) is 0 Å². The molecule has 0 aromatic heterocycles. The maximum atomic E-state index is 13.0. The van der Waals surface area contributed by atoms with Crippen LogP contribution in [0.5, 0.6) is 0 Å². The van der Waals surface area contributed by atoms with Crippen LogP contribution >= 0.6 is 34.2 Å². The molecule has 4 heteroatoms. The van der Waals surface area contributed by atoms with E-state index in [1.807, 2.05) is 18.2 Å². The second-order valence-electron chi connectivity index (χ2n) is 6.24. The van der Waals surface area contributed by atoms with Crippen molar-refractivity contribution in [2.24, 2.45) is 5.92 Å². The first-order valence-corrected chi connectivity index (χ1v) is 9.20. The lowest BCUT2D eigenvalue weighted by atomic mass is 10.1. The quantitative estimate of drug-likeness (QED) is 0.587. The molecule has 1 saturated carbocycles. The predicted molar refractivity (Wildman–Crippen MR) is 96.9 cm³/mol. The van der Waals surface area contributed by atoms with Gasteiger partial charge >= 0.3 is 0 Å². The molecule has 1 aliphatic rings. The van der Waals surface area contributed by atoms with E-state index in [-0.39, 0.29) is 5.91 Å². The van der Waals surface area contributed by atoms with Crippen molar-refractivity contribution in [1.82, 2.24) is 4.90 Å². The maximum absolute atomic E-state index is 13.0. The highest BCUT2D eigenvalue weighted by Crippen LogP contribution is 2.27. The minimum Gasteiger partial charge on any atom is -0.336 e. The molecule has 2 rings (SSSR count). The van der Waals surface area contributed by atoms with E-state index in [1.54, 1.807) is 0 Å². The maximum Gasteiger partial charge on any atom is 0.255 e. The Hall–Kier alpha value is -0.290. The monoisotopic (exact) mass is 419 g/mol. The lowest BCUT2D eigenvalue weighted by Gasteiger charge is -2.30. The molecule has 1 aromatic carbocycles. The number of benzene rings is 1.